The third-order valence-electron chi connectivity index (χ3n) is 3.79. The van der Waals surface area contributed by atoms with Crippen molar-refractivity contribution in [2.24, 2.45) is 7.05 Å². The highest BCUT2D eigenvalue weighted by Gasteiger charge is 2.27. The Morgan fingerprint density at radius 1 is 1.46 bits per heavy atom. The van der Waals surface area contributed by atoms with Crippen molar-refractivity contribution in [1.82, 2.24) is 9.78 Å². The van der Waals surface area contributed by atoms with Gasteiger partial charge >= 0.3 is 5.97 Å². The molecule has 1 aliphatic carbocycles. The Morgan fingerprint density at radius 2 is 2.29 bits per heavy atom. The number of aryl methyl sites for hydroxylation is 2. The molecule has 24 heavy (non-hydrogen) atoms. The van der Waals surface area contributed by atoms with E-state index in [1.54, 1.807) is 23.9 Å². The zero-order valence-electron chi connectivity index (χ0n) is 13.7. The molecule has 0 aliphatic heterocycles. The summed E-state index contributed by atoms with van der Waals surface area (Å²) in [5.41, 5.74) is 2.40. The average molecular weight is 345 g/mol. The van der Waals surface area contributed by atoms with Gasteiger partial charge in [-0.25, -0.2) is 4.79 Å². The van der Waals surface area contributed by atoms with Crippen molar-refractivity contribution in [3.05, 3.63) is 40.0 Å². The van der Waals surface area contributed by atoms with Crippen LogP contribution in [0, 0.1) is 0 Å². The molecule has 0 unspecified atom stereocenters. The summed E-state index contributed by atoms with van der Waals surface area (Å²) in [5.74, 6) is -0.632. The topological polar surface area (TPSA) is 73.2 Å². The lowest BCUT2D eigenvalue weighted by Crippen LogP contribution is -2.13. The fourth-order valence-corrected chi connectivity index (χ4v) is 4.04. The lowest BCUT2D eigenvalue weighted by Gasteiger charge is -2.06. The van der Waals surface area contributed by atoms with E-state index in [-0.39, 0.29) is 11.9 Å². The predicted octanol–water partition coefficient (Wildman–Crippen LogP) is 2.80. The van der Waals surface area contributed by atoms with E-state index in [0.29, 0.717) is 17.2 Å². The summed E-state index contributed by atoms with van der Waals surface area (Å²) in [6, 6.07) is 0. The van der Waals surface area contributed by atoms with Crippen LogP contribution in [0.1, 0.15) is 39.7 Å². The Balaban J connectivity index is 1.78. The first-order chi connectivity index (χ1) is 11.6. The molecule has 7 heteroatoms. The molecular formula is C17H19N3O3S. The number of carbonyl (C=O) groups excluding carboxylic acids is 2. The largest absolute Gasteiger partial charge is 0.462 e. The van der Waals surface area contributed by atoms with E-state index in [1.807, 2.05) is 13.2 Å². The fourth-order valence-electron chi connectivity index (χ4n) is 2.76. The Morgan fingerprint density at radius 3 is 3.00 bits per heavy atom. The summed E-state index contributed by atoms with van der Waals surface area (Å²) in [6.45, 7) is 2.09. The molecule has 0 atom stereocenters. The highest BCUT2D eigenvalue weighted by atomic mass is 32.1. The van der Waals surface area contributed by atoms with Gasteiger partial charge < -0.3 is 10.1 Å². The minimum atomic E-state index is -0.358. The van der Waals surface area contributed by atoms with Gasteiger partial charge in [0.1, 0.15) is 5.00 Å². The van der Waals surface area contributed by atoms with Crippen LogP contribution in [0.15, 0.2) is 18.5 Å². The highest BCUT2D eigenvalue weighted by molar-refractivity contribution is 7.17. The second kappa shape index (κ2) is 7.00. The maximum atomic E-state index is 12.3. The number of esters is 1. The van der Waals surface area contributed by atoms with E-state index in [2.05, 4.69) is 10.4 Å². The van der Waals surface area contributed by atoms with Crippen LogP contribution in [0.3, 0.4) is 0 Å². The molecule has 1 amide bonds. The van der Waals surface area contributed by atoms with Crippen LogP contribution < -0.4 is 5.32 Å². The summed E-state index contributed by atoms with van der Waals surface area (Å²) in [5, 5.41) is 7.45. The second-order valence-corrected chi connectivity index (χ2v) is 6.66. The Bertz CT molecular complexity index is 804. The van der Waals surface area contributed by atoms with Gasteiger partial charge in [0, 0.05) is 29.8 Å². The summed E-state index contributed by atoms with van der Waals surface area (Å²) >= 11 is 1.47. The predicted molar refractivity (Wildman–Crippen MR) is 93.2 cm³/mol. The fraction of sp³-hybridized carbons (Fsp3) is 0.353. The van der Waals surface area contributed by atoms with E-state index < -0.39 is 0 Å². The zero-order chi connectivity index (χ0) is 17.1. The van der Waals surface area contributed by atoms with Crippen LogP contribution in [-0.4, -0.2) is 28.3 Å². The van der Waals surface area contributed by atoms with Crippen molar-refractivity contribution in [2.75, 3.05) is 11.9 Å². The molecule has 1 N–H and O–H groups in total. The molecule has 0 fully saturated rings. The molecule has 0 saturated carbocycles. The first kappa shape index (κ1) is 16.4. The van der Waals surface area contributed by atoms with Crippen molar-refractivity contribution in [2.45, 2.75) is 26.2 Å². The number of amides is 1. The minimum absolute atomic E-state index is 0.274. The number of fused-ring (bicyclic) bond motifs is 1. The summed E-state index contributed by atoms with van der Waals surface area (Å²) in [4.78, 5) is 25.6. The molecular weight excluding hydrogens is 326 g/mol. The van der Waals surface area contributed by atoms with E-state index in [4.69, 9.17) is 4.74 Å². The number of hydrogen-bond donors (Lipinski definition) is 1. The number of hydrogen-bond acceptors (Lipinski definition) is 5. The van der Waals surface area contributed by atoms with E-state index in [0.717, 1.165) is 30.4 Å². The maximum absolute atomic E-state index is 12.3. The van der Waals surface area contributed by atoms with Crippen molar-refractivity contribution < 1.29 is 14.3 Å². The molecule has 2 aromatic heterocycles. The van der Waals surface area contributed by atoms with Crippen LogP contribution in [-0.2, 0) is 29.4 Å². The number of aromatic nitrogens is 2. The Labute approximate surface area is 144 Å². The van der Waals surface area contributed by atoms with Gasteiger partial charge in [-0.05, 0) is 37.8 Å². The van der Waals surface area contributed by atoms with Crippen LogP contribution in [0.5, 0.6) is 0 Å². The summed E-state index contributed by atoms with van der Waals surface area (Å²) < 4.78 is 6.82. The number of carbonyl (C=O) groups is 2. The molecule has 3 rings (SSSR count). The van der Waals surface area contributed by atoms with Crippen molar-refractivity contribution >= 4 is 34.3 Å². The monoisotopic (exact) mass is 345 g/mol. The molecule has 126 valence electrons. The van der Waals surface area contributed by atoms with Crippen LogP contribution >= 0.6 is 11.3 Å². The van der Waals surface area contributed by atoms with E-state index in [1.165, 1.54) is 22.3 Å². The van der Waals surface area contributed by atoms with Gasteiger partial charge in [-0.1, -0.05) is 0 Å². The molecule has 0 spiro atoms. The van der Waals surface area contributed by atoms with Gasteiger partial charge in [-0.2, -0.15) is 5.10 Å². The smallest absolute Gasteiger partial charge is 0.341 e. The zero-order valence-corrected chi connectivity index (χ0v) is 14.5. The molecule has 0 saturated heterocycles. The summed E-state index contributed by atoms with van der Waals surface area (Å²) in [6.07, 6.45) is 9.48. The molecule has 1 aliphatic rings. The van der Waals surface area contributed by atoms with Crippen LogP contribution in [0.2, 0.25) is 0 Å². The van der Waals surface area contributed by atoms with Crippen LogP contribution in [0.25, 0.3) is 6.08 Å². The normalized spacial score (nSPS) is 13.2. The van der Waals surface area contributed by atoms with E-state index in [9.17, 15) is 9.59 Å². The van der Waals surface area contributed by atoms with Crippen molar-refractivity contribution in [1.29, 1.82) is 0 Å². The lowest BCUT2D eigenvalue weighted by molar-refractivity contribution is -0.111. The number of anilines is 1. The number of ether oxygens (including phenoxy) is 1. The SMILES string of the molecule is CCOC(=O)c1c(NC(=O)/C=C/c2cnn(C)c2)sc2c1CCC2. The third kappa shape index (κ3) is 3.41. The Kier molecular flexibility index (Phi) is 4.80. The van der Waals surface area contributed by atoms with E-state index >= 15 is 0 Å². The number of nitrogens with zero attached hydrogens (tertiary/aromatic N) is 2. The molecule has 2 aromatic rings. The van der Waals surface area contributed by atoms with Crippen LogP contribution in [0.4, 0.5) is 5.00 Å². The molecule has 0 aromatic carbocycles. The lowest BCUT2D eigenvalue weighted by atomic mass is 10.1. The highest BCUT2D eigenvalue weighted by Crippen LogP contribution is 2.39. The van der Waals surface area contributed by atoms with Crippen molar-refractivity contribution in [3.63, 3.8) is 0 Å². The minimum Gasteiger partial charge on any atom is -0.462 e. The first-order valence-electron chi connectivity index (χ1n) is 7.88. The third-order valence-corrected chi connectivity index (χ3v) is 5.00. The second-order valence-electron chi connectivity index (χ2n) is 5.55. The van der Waals surface area contributed by atoms with Gasteiger partial charge in [0.2, 0.25) is 5.91 Å². The van der Waals surface area contributed by atoms with Gasteiger partial charge in [0.05, 0.1) is 18.4 Å². The van der Waals surface area contributed by atoms with Gasteiger partial charge in [-0.3, -0.25) is 9.48 Å². The maximum Gasteiger partial charge on any atom is 0.341 e. The standard InChI is InChI=1S/C17H19N3O3S/c1-3-23-17(22)15-12-5-4-6-13(12)24-16(15)19-14(21)8-7-11-9-18-20(2)10-11/h7-10H,3-6H2,1-2H3,(H,19,21)/b8-7+. The van der Waals surface area contributed by atoms with Gasteiger partial charge in [0.25, 0.3) is 0 Å². The molecule has 6 nitrogen and oxygen atoms in total. The van der Waals surface area contributed by atoms with Gasteiger partial charge in [0.15, 0.2) is 0 Å². The molecule has 2 heterocycles. The Hall–Kier alpha value is -2.41. The first-order valence-corrected chi connectivity index (χ1v) is 8.69. The number of nitrogens with one attached hydrogen (secondary N) is 1. The number of rotatable bonds is 5. The average Bonchev–Trinajstić information content (AvgIpc) is 3.21. The van der Waals surface area contributed by atoms with Gasteiger partial charge in [-0.15, -0.1) is 11.3 Å². The number of thiophene rings is 1. The van der Waals surface area contributed by atoms with Crippen molar-refractivity contribution in [3.8, 4) is 0 Å². The quantitative estimate of drug-likeness (QED) is 0.668. The summed E-state index contributed by atoms with van der Waals surface area (Å²) in [7, 11) is 1.82. The molecule has 0 radical (unpaired) electrons. The molecule has 0 bridgehead atoms.